The Balaban J connectivity index is 1.54. The Kier molecular flexibility index (Phi) is 8.30. The molecule has 0 aliphatic carbocycles. The van der Waals surface area contributed by atoms with E-state index in [1.165, 1.54) is 35.2 Å². The molecular formula is C21H23FN4O4S2. The van der Waals surface area contributed by atoms with Crippen molar-refractivity contribution in [1.82, 2.24) is 14.4 Å². The van der Waals surface area contributed by atoms with E-state index in [4.69, 9.17) is 11.2 Å². The quantitative estimate of drug-likeness (QED) is 0.593. The lowest BCUT2D eigenvalue weighted by Gasteiger charge is -2.34. The van der Waals surface area contributed by atoms with Crippen molar-refractivity contribution in [2.45, 2.75) is 13.5 Å². The topological polar surface area (TPSA) is 84.2 Å². The summed E-state index contributed by atoms with van der Waals surface area (Å²) in [6, 6.07) is 4.32. The van der Waals surface area contributed by atoms with Crippen LogP contribution in [0, 0.1) is 18.2 Å². The Morgan fingerprint density at radius 2 is 1.94 bits per heavy atom. The third-order valence-corrected chi connectivity index (χ3v) is 6.67. The van der Waals surface area contributed by atoms with Gasteiger partial charge in [-0.3, -0.25) is 9.59 Å². The number of carbonyl (C=O) groups excluding carboxylic acids is 3. The first-order valence-electron chi connectivity index (χ1n) is 10.00. The first-order valence-corrected chi connectivity index (χ1v) is 12.0. The van der Waals surface area contributed by atoms with Gasteiger partial charge in [0.2, 0.25) is 5.91 Å². The maximum absolute atomic E-state index is 13.5. The molecule has 0 atom stereocenters. The van der Waals surface area contributed by atoms with Gasteiger partial charge in [-0.1, -0.05) is 17.3 Å². The van der Waals surface area contributed by atoms with Gasteiger partial charge in [-0.05, 0) is 25.1 Å². The fourth-order valence-electron chi connectivity index (χ4n) is 3.19. The minimum Gasteiger partial charge on any atom is -0.450 e. The van der Waals surface area contributed by atoms with Crippen LogP contribution < -0.4 is 4.80 Å². The summed E-state index contributed by atoms with van der Waals surface area (Å²) in [6.45, 7) is 3.98. The zero-order chi connectivity index (χ0) is 23.1. The van der Waals surface area contributed by atoms with Gasteiger partial charge in [0.1, 0.15) is 5.82 Å². The molecule has 0 N–H and O–H groups in total. The van der Waals surface area contributed by atoms with Crippen LogP contribution in [0.1, 0.15) is 6.92 Å². The molecule has 2 heterocycles. The molecule has 8 nitrogen and oxygen atoms in total. The average Bonchev–Trinajstić information content (AvgIpc) is 3.10. The van der Waals surface area contributed by atoms with E-state index >= 15 is 0 Å². The Morgan fingerprint density at radius 1 is 1.22 bits per heavy atom. The highest BCUT2D eigenvalue weighted by Crippen LogP contribution is 2.18. The van der Waals surface area contributed by atoms with Crippen LogP contribution in [-0.2, 0) is 20.9 Å². The van der Waals surface area contributed by atoms with E-state index in [9.17, 15) is 18.8 Å². The molecule has 170 valence electrons. The van der Waals surface area contributed by atoms with Crippen molar-refractivity contribution in [1.29, 1.82) is 0 Å². The Bertz CT molecular complexity index is 1110. The number of rotatable bonds is 6. The minimum absolute atomic E-state index is 0.0349. The molecule has 2 aromatic rings. The van der Waals surface area contributed by atoms with Gasteiger partial charge < -0.3 is 19.1 Å². The molecule has 1 aliphatic heterocycles. The number of piperazine rings is 1. The van der Waals surface area contributed by atoms with E-state index in [1.807, 2.05) is 0 Å². The van der Waals surface area contributed by atoms with Gasteiger partial charge in [-0.15, -0.1) is 18.2 Å². The summed E-state index contributed by atoms with van der Waals surface area (Å²) in [7, 11) is 0. The summed E-state index contributed by atoms with van der Waals surface area (Å²) in [6.07, 6.45) is 5.05. The van der Waals surface area contributed by atoms with Crippen molar-refractivity contribution in [3.05, 3.63) is 28.8 Å². The number of terminal acetylenes is 1. The molecule has 11 heteroatoms. The fourth-order valence-corrected chi connectivity index (χ4v) is 4.96. The number of fused-ring (bicyclic) bond motifs is 1. The SMILES string of the molecule is C#CCn1c(=NC(=O)CSCC(=O)N2CCN(C(=O)OCC)CC2)sc2cc(F)ccc21. The van der Waals surface area contributed by atoms with Gasteiger partial charge in [-0.25, -0.2) is 9.18 Å². The fraction of sp³-hybridized carbons (Fsp3) is 0.429. The number of aromatic nitrogens is 1. The molecule has 1 fully saturated rings. The summed E-state index contributed by atoms with van der Waals surface area (Å²) in [5, 5.41) is 0. The molecule has 0 saturated carbocycles. The number of hydrogen-bond acceptors (Lipinski definition) is 6. The van der Waals surface area contributed by atoms with E-state index in [0.717, 1.165) is 0 Å². The van der Waals surface area contributed by atoms with Crippen LogP contribution in [0.3, 0.4) is 0 Å². The van der Waals surface area contributed by atoms with Gasteiger partial charge in [0.15, 0.2) is 4.80 Å². The Labute approximate surface area is 193 Å². The summed E-state index contributed by atoms with van der Waals surface area (Å²) in [5.41, 5.74) is 0.714. The number of amides is 3. The largest absolute Gasteiger partial charge is 0.450 e. The number of halogens is 1. The van der Waals surface area contributed by atoms with E-state index in [2.05, 4.69) is 10.9 Å². The number of carbonyl (C=O) groups is 3. The monoisotopic (exact) mass is 478 g/mol. The van der Waals surface area contributed by atoms with E-state index in [-0.39, 0.29) is 35.9 Å². The van der Waals surface area contributed by atoms with Crippen LogP contribution in [0.15, 0.2) is 23.2 Å². The highest BCUT2D eigenvalue weighted by Gasteiger charge is 2.24. The maximum Gasteiger partial charge on any atom is 0.409 e. The van der Waals surface area contributed by atoms with Crippen LogP contribution in [0.4, 0.5) is 9.18 Å². The second kappa shape index (κ2) is 11.2. The molecule has 32 heavy (non-hydrogen) atoms. The van der Waals surface area contributed by atoms with Gasteiger partial charge in [0.05, 0.1) is 34.9 Å². The summed E-state index contributed by atoms with van der Waals surface area (Å²) in [5.74, 6) is 1.83. The van der Waals surface area contributed by atoms with Crippen LogP contribution in [0.25, 0.3) is 10.2 Å². The zero-order valence-corrected chi connectivity index (χ0v) is 19.2. The molecular weight excluding hydrogens is 455 g/mol. The van der Waals surface area contributed by atoms with Crippen LogP contribution in [0.5, 0.6) is 0 Å². The van der Waals surface area contributed by atoms with Crippen molar-refractivity contribution in [2.24, 2.45) is 4.99 Å². The second-order valence-corrected chi connectivity index (χ2v) is 8.85. The van der Waals surface area contributed by atoms with Crippen molar-refractivity contribution in [3.8, 4) is 12.3 Å². The van der Waals surface area contributed by atoms with E-state index in [0.29, 0.717) is 47.8 Å². The van der Waals surface area contributed by atoms with Gasteiger partial charge in [0.25, 0.3) is 5.91 Å². The van der Waals surface area contributed by atoms with Crippen LogP contribution >= 0.6 is 23.1 Å². The Morgan fingerprint density at radius 3 is 2.62 bits per heavy atom. The molecule has 3 rings (SSSR count). The molecule has 1 aromatic carbocycles. The molecule has 0 radical (unpaired) electrons. The van der Waals surface area contributed by atoms with Crippen LogP contribution in [-0.4, -0.2) is 76.6 Å². The molecule has 0 bridgehead atoms. The van der Waals surface area contributed by atoms with E-state index in [1.54, 1.807) is 27.4 Å². The first kappa shape index (κ1) is 23.8. The summed E-state index contributed by atoms with van der Waals surface area (Å²) < 4.78 is 20.8. The first-order chi connectivity index (χ1) is 15.4. The summed E-state index contributed by atoms with van der Waals surface area (Å²) >= 11 is 2.37. The summed E-state index contributed by atoms with van der Waals surface area (Å²) in [4.78, 5) is 44.2. The molecule has 1 aromatic heterocycles. The van der Waals surface area contributed by atoms with Crippen molar-refractivity contribution < 1.29 is 23.5 Å². The lowest BCUT2D eigenvalue weighted by atomic mass is 10.3. The second-order valence-electron chi connectivity index (χ2n) is 6.85. The van der Waals surface area contributed by atoms with E-state index < -0.39 is 5.91 Å². The molecule has 1 saturated heterocycles. The van der Waals surface area contributed by atoms with Crippen LogP contribution in [0.2, 0.25) is 0 Å². The van der Waals surface area contributed by atoms with Gasteiger partial charge >= 0.3 is 6.09 Å². The molecule has 0 unspecified atom stereocenters. The number of nitrogens with zero attached hydrogens (tertiary/aromatic N) is 4. The standard InChI is InChI=1S/C21H23FN4O4S2/c1-3-7-26-16-6-5-15(22)12-17(16)32-20(26)23-18(27)13-31-14-19(28)24-8-10-25(11-9-24)21(29)30-4-2/h1,5-6,12H,4,7-11,13-14H2,2H3. The number of ether oxygens (including phenoxy) is 1. The average molecular weight is 479 g/mol. The highest BCUT2D eigenvalue weighted by atomic mass is 32.2. The van der Waals surface area contributed by atoms with Crippen molar-refractivity contribution >= 4 is 51.2 Å². The smallest absolute Gasteiger partial charge is 0.409 e. The molecule has 0 spiro atoms. The zero-order valence-electron chi connectivity index (χ0n) is 17.6. The lowest BCUT2D eigenvalue weighted by Crippen LogP contribution is -2.51. The van der Waals surface area contributed by atoms with Gasteiger partial charge in [-0.2, -0.15) is 4.99 Å². The van der Waals surface area contributed by atoms with Crippen molar-refractivity contribution in [2.75, 3.05) is 44.3 Å². The Hall–Kier alpha value is -2.84. The third-order valence-electron chi connectivity index (χ3n) is 4.72. The number of thioether (sulfide) groups is 1. The third kappa shape index (κ3) is 5.89. The van der Waals surface area contributed by atoms with Gasteiger partial charge in [0, 0.05) is 26.2 Å². The number of hydrogen-bond donors (Lipinski definition) is 0. The molecule has 3 amide bonds. The predicted octanol–water partition coefficient (Wildman–Crippen LogP) is 1.94. The number of thiazole rings is 1. The lowest BCUT2D eigenvalue weighted by molar-refractivity contribution is -0.129. The predicted molar refractivity (Wildman–Crippen MR) is 122 cm³/mol. The number of benzene rings is 1. The van der Waals surface area contributed by atoms with Crippen molar-refractivity contribution in [3.63, 3.8) is 0 Å². The maximum atomic E-state index is 13.5. The highest BCUT2D eigenvalue weighted by molar-refractivity contribution is 8.00. The minimum atomic E-state index is -0.396. The normalized spacial score (nSPS) is 14.5. The molecule has 1 aliphatic rings.